The average Bonchev–Trinajstić information content (AvgIpc) is 3.11. The van der Waals surface area contributed by atoms with Gasteiger partial charge in [0.15, 0.2) is 0 Å². The lowest BCUT2D eigenvalue weighted by molar-refractivity contribution is -0.129. The number of nitrogens with zero attached hydrogens (tertiary/aromatic N) is 3. The summed E-state index contributed by atoms with van der Waals surface area (Å²) in [4.78, 5) is 14.0. The van der Waals surface area contributed by atoms with Gasteiger partial charge >= 0.3 is 0 Å². The molecule has 1 saturated heterocycles. The van der Waals surface area contributed by atoms with E-state index in [-0.39, 0.29) is 5.91 Å². The van der Waals surface area contributed by atoms with Gasteiger partial charge in [-0.25, -0.2) is 4.68 Å². The monoisotopic (exact) mass is 255 g/mol. The van der Waals surface area contributed by atoms with Gasteiger partial charge < -0.3 is 4.90 Å². The van der Waals surface area contributed by atoms with E-state index < -0.39 is 0 Å². The Morgan fingerprint density at radius 1 is 1.11 bits per heavy atom. The highest BCUT2D eigenvalue weighted by molar-refractivity contribution is 5.78. The molecule has 98 valence electrons. The molecule has 0 unspecified atom stereocenters. The number of carbonyl (C=O) groups excluding carboxylic acids is 1. The summed E-state index contributed by atoms with van der Waals surface area (Å²) in [5.41, 5.74) is 1.85. The van der Waals surface area contributed by atoms with E-state index in [9.17, 15) is 4.79 Å². The summed E-state index contributed by atoms with van der Waals surface area (Å²) in [7, 11) is 0. The summed E-state index contributed by atoms with van der Waals surface area (Å²) >= 11 is 0. The average molecular weight is 255 g/mol. The Hall–Kier alpha value is -2.10. The van der Waals surface area contributed by atoms with Crippen LogP contribution in [-0.2, 0) is 11.2 Å². The van der Waals surface area contributed by atoms with Crippen LogP contribution >= 0.6 is 0 Å². The second-order valence-corrected chi connectivity index (χ2v) is 4.85. The number of benzene rings is 1. The summed E-state index contributed by atoms with van der Waals surface area (Å²) in [5, 5.41) is 4.46. The molecule has 4 heteroatoms. The van der Waals surface area contributed by atoms with E-state index in [2.05, 4.69) is 5.10 Å². The molecule has 0 radical (unpaired) electrons. The molecule has 1 aromatic heterocycles. The summed E-state index contributed by atoms with van der Waals surface area (Å²) in [6, 6.07) is 11.8. The molecule has 0 N–H and O–H groups in total. The molecule has 1 fully saturated rings. The molecule has 1 aliphatic rings. The van der Waals surface area contributed by atoms with Crippen molar-refractivity contribution in [3.63, 3.8) is 0 Å². The van der Waals surface area contributed by atoms with E-state index in [0.29, 0.717) is 6.42 Å². The SMILES string of the molecule is O=C(Cc1ccn(-c2ccccc2)n1)N1CCCC1. The Balaban J connectivity index is 1.70. The van der Waals surface area contributed by atoms with E-state index in [4.69, 9.17) is 0 Å². The van der Waals surface area contributed by atoms with E-state index in [1.807, 2.05) is 52.2 Å². The lowest BCUT2D eigenvalue weighted by atomic mass is 10.3. The third-order valence-corrected chi connectivity index (χ3v) is 3.46. The third-order valence-electron chi connectivity index (χ3n) is 3.46. The number of hydrogen-bond donors (Lipinski definition) is 0. The second-order valence-electron chi connectivity index (χ2n) is 4.85. The van der Waals surface area contributed by atoms with Crippen molar-refractivity contribution in [2.24, 2.45) is 0 Å². The highest BCUT2D eigenvalue weighted by Crippen LogP contribution is 2.11. The van der Waals surface area contributed by atoms with Gasteiger partial charge in [0.2, 0.25) is 5.91 Å². The highest BCUT2D eigenvalue weighted by atomic mass is 16.2. The lowest BCUT2D eigenvalue weighted by Crippen LogP contribution is -2.29. The van der Waals surface area contributed by atoms with Crippen LogP contribution in [0.1, 0.15) is 18.5 Å². The quantitative estimate of drug-likeness (QED) is 0.841. The first-order chi connectivity index (χ1) is 9.33. The maximum absolute atomic E-state index is 12.0. The number of likely N-dealkylation sites (tertiary alicyclic amines) is 1. The minimum Gasteiger partial charge on any atom is -0.342 e. The first kappa shape index (κ1) is 12.0. The molecule has 1 aliphatic heterocycles. The molecule has 3 rings (SSSR count). The molecule has 2 heterocycles. The number of carbonyl (C=O) groups is 1. The van der Waals surface area contributed by atoms with Crippen molar-refractivity contribution in [3.05, 3.63) is 48.3 Å². The molecule has 4 nitrogen and oxygen atoms in total. The fourth-order valence-corrected chi connectivity index (χ4v) is 2.41. The molecule has 1 aromatic carbocycles. The Labute approximate surface area is 112 Å². The number of para-hydroxylation sites is 1. The standard InChI is InChI=1S/C15H17N3O/c19-15(17-9-4-5-10-17)12-13-8-11-18(16-13)14-6-2-1-3-7-14/h1-3,6-8,11H,4-5,9-10,12H2. The Morgan fingerprint density at radius 2 is 1.84 bits per heavy atom. The van der Waals surface area contributed by atoms with Crippen molar-refractivity contribution in [3.8, 4) is 5.69 Å². The molecule has 0 atom stereocenters. The first-order valence-electron chi connectivity index (χ1n) is 6.71. The zero-order valence-corrected chi connectivity index (χ0v) is 10.8. The highest BCUT2D eigenvalue weighted by Gasteiger charge is 2.18. The molecular formula is C15H17N3O. The summed E-state index contributed by atoms with van der Waals surface area (Å²) in [6.07, 6.45) is 4.57. The van der Waals surface area contributed by atoms with Crippen molar-refractivity contribution >= 4 is 5.91 Å². The number of aromatic nitrogens is 2. The van der Waals surface area contributed by atoms with Gasteiger partial charge in [0.25, 0.3) is 0 Å². The van der Waals surface area contributed by atoms with Crippen LogP contribution in [0.3, 0.4) is 0 Å². The van der Waals surface area contributed by atoms with E-state index in [1.54, 1.807) is 0 Å². The van der Waals surface area contributed by atoms with Gasteiger partial charge in [-0.05, 0) is 31.0 Å². The van der Waals surface area contributed by atoms with Gasteiger partial charge in [-0.15, -0.1) is 0 Å². The smallest absolute Gasteiger partial charge is 0.228 e. The largest absolute Gasteiger partial charge is 0.342 e. The van der Waals surface area contributed by atoms with Gasteiger partial charge in [0.1, 0.15) is 0 Å². The summed E-state index contributed by atoms with van der Waals surface area (Å²) in [6.45, 7) is 1.80. The molecule has 0 spiro atoms. The molecule has 0 saturated carbocycles. The van der Waals surface area contributed by atoms with Gasteiger partial charge in [-0.1, -0.05) is 18.2 Å². The van der Waals surface area contributed by atoms with Crippen molar-refractivity contribution < 1.29 is 4.79 Å². The Morgan fingerprint density at radius 3 is 2.58 bits per heavy atom. The van der Waals surface area contributed by atoms with Gasteiger partial charge in [-0.3, -0.25) is 4.79 Å². The maximum atomic E-state index is 12.0. The fourth-order valence-electron chi connectivity index (χ4n) is 2.41. The normalized spacial score (nSPS) is 14.8. The number of hydrogen-bond acceptors (Lipinski definition) is 2. The van der Waals surface area contributed by atoms with Crippen LogP contribution in [0.2, 0.25) is 0 Å². The first-order valence-corrected chi connectivity index (χ1v) is 6.71. The van der Waals surface area contributed by atoms with Crippen molar-refractivity contribution in [1.29, 1.82) is 0 Å². The molecule has 0 bridgehead atoms. The maximum Gasteiger partial charge on any atom is 0.228 e. The van der Waals surface area contributed by atoms with Crippen LogP contribution in [0.25, 0.3) is 5.69 Å². The van der Waals surface area contributed by atoms with Gasteiger partial charge in [0.05, 0.1) is 17.8 Å². The van der Waals surface area contributed by atoms with Gasteiger partial charge in [0, 0.05) is 19.3 Å². The van der Waals surface area contributed by atoms with E-state index >= 15 is 0 Å². The van der Waals surface area contributed by atoms with E-state index in [0.717, 1.165) is 37.3 Å². The molecular weight excluding hydrogens is 238 g/mol. The summed E-state index contributed by atoms with van der Waals surface area (Å²) < 4.78 is 1.81. The van der Waals surface area contributed by atoms with Crippen LogP contribution in [0.4, 0.5) is 0 Å². The molecule has 0 aliphatic carbocycles. The second kappa shape index (κ2) is 5.26. The van der Waals surface area contributed by atoms with Crippen LogP contribution in [0.15, 0.2) is 42.6 Å². The van der Waals surface area contributed by atoms with Crippen molar-refractivity contribution in [2.45, 2.75) is 19.3 Å². The van der Waals surface area contributed by atoms with Crippen molar-refractivity contribution in [1.82, 2.24) is 14.7 Å². The topological polar surface area (TPSA) is 38.1 Å². The number of amides is 1. The van der Waals surface area contributed by atoms with Crippen LogP contribution < -0.4 is 0 Å². The molecule has 1 amide bonds. The van der Waals surface area contributed by atoms with Crippen LogP contribution in [0, 0.1) is 0 Å². The van der Waals surface area contributed by atoms with Crippen LogP contribution in [-0.4, -0.2) is 33.7 Å². The lowest BCUT2D eigenvalue weighted by Gasteiger charge is -2.13. The van der Waals surface area contributed by atoms with Gasteiger partial charge in [-0.2, -0.15) is 5.10 Å². The Kier molecular flexibility index (Phi) is 3.31. The van der Waals surface area contributed by atoms with Crippen LogP contribution in [0.5, 0.6) is 0 Å². The minimum atomic E-state index is 0.191. The summed E-state index contributed by atoms with van der Waals surface area (Å²) in [5.74, 6) is 0.191. The van der Waals surface area contributed by atoms with Crippen molar-refractivity contribution in [2.75, 3.05) is 13.1 Å². The number of rotatable bonds is 3. The Bertz CT molecular complexity index is 556. The zero-order valence-electron chi connectivity index (χ0n) is 10.8. The predicted molar refractivity (Wildman–Crippen MR) is 73.1 cm³/mol. The fraction of sp³-hybridized carbons (Fsp3) is 0.333. The zero-order chi connectivity index (χ0) is 13.1. The molecule has 19 heavy (non-hydrogen) atoms. The van der Waals surface area contributed by atoms with E-state index in [1.165, 1.54) is 0 Å². The predicted octanol–water partition coefficient (Wildman–Crippen LogP) is 2.04. The molecule has 2 aromatic rings. The minimum absolute atomic E-state index is 0.191. The third kappa shape index (κ3) is 2.67.